The van der Waals surface area contributed by atoms with E-state index < -0.39 is 0 Å². The third-order valence-electron chi connectivity index (χ3n) is 5.13. The fourth-order valence-corrected chi connectivity index (χ4v) is 3.86. The smallest absolute Gasteiger partial charge is 0.322 e. The third-order valence-corrected chi connectivity index (χ3v) is 5.37. The Morgan fingerprint density at radius 1 is 1.07 bits per heavy atom. The van der Waals surface area contributed by atoms with Crippen LogP contribution in [-0.2, 0) is 24.2 Å². The Labute approximate surface area is 164 Å². The van der Waals surface area contributed by atoms with E-state index in [1.54, 1.807) is 4.90 Å². The van der Waals surface area contributed by atoms with Crippen LogP contribution in [-0.4, -0.2) is 43.8 Å². The zero-order valence-electron chi connectivity index (χ0n) is 15.3. The molecule has 0 bridgehead atoms. The van der Waals surface area contributed by atoms with Crippen LogP contribution in [0.3, 0.4) is 0 Å². The molecule has 0 atom stereocenters. The minimum Gasteiger partial charge on any atom is -0.379 e. The minimum absolute atomic E-state index is 0.0744. The molecule has 5 nitrogen and oxygen atoms in total. The number of halogens is 1. The van der Waals surface area contributed by atoms with Crippen LogP contribution < -0.4 is 10.2 Å². The summed E-state index contributed by atoms with van der Waals surface area (Å²) in [6.07, 6.45) is 0.870. The number of ether oxygens (including phenoxy) is 1. The number of anilines is 1. The van der Waals surface area contributed by atoms with Gasteiger partial charge in [0.15, 0.2) is 0 Å². The SMILES string of the molecule is O=C(NCc1cccc(CN2CCOCC2)c1)N1CCc2ccc(Cl)cc21. The minimum atomic E-state index is -0.0744. The highest BCUT2D eigenvalue weighted by molar-refractivity contribution is 6.31. The van der Waals surface area contributed by atoms with Crippen LogP contribution in [0.4, 0.5) is 10.5 Å². The van der Waals surface area contributed by atoms with Gasteiger partial charge in [-0.25, -0.2) is 4.79 Å². The van der Waals surface area contributed by atoms with Gasteiger partial charge in [0.1, 0.15) is 0 Å². The van der Waals surface area contributed by atoms with E-state index in [4.69, 9.17) is 16.3 Å². The van der Waals surface area contributed by atoms with Crippen molar-refractivity contribution in [1.82, 2.24) is 10.2 Å². The summed E-state index contributed by atoms with van der Waals surface area (Å²) in [7, 11) is 0. The lowest BCUT2D eigenvalue weighted by atomic mass is 10.1. The van der Waals surface area contributed by atoms with Crippen LogP contribution in [0.15, 0.2) is 42.5 Å². The van der Waals surface area contributed by atoms with E-state index in [-0.39, 0.29) is 6.03 Å². The Morgan fingerprint density at radius 2 is 1.89 bits per heavy atom. The number of nitrogens with zero attached hydrogens (tertiary/aromatic N) is 2. The van der Waals surface area contributed by atoms with E-state index in [1.165, 1.54) is 11.1 Å². The zero-order chi connectivity index (χ0) is 18.6. The highest BCUT2D eigenvalue weighted by Gasteiger charge is 2.24. The van der Waals surface area contributed by atoms with Crippen molar-refractivity contribution in [2.24, 2.45) is 0 Å². The molecule has 2 heterocycles. The van der Waals surface area contributed by atoms with E-state index in [9.17, 15) is 4.79 Å². The van der Waals surface area contributed by atoms with Crippen LogP contribution >= 0.6 is 11.6 Å². The summed E-state index contributed by atoms with van der Waals surface area (Å²) in [5.41, 5.74) is 4.46. The number of fused-ring (bicyclic) bond motifs is 1. The maximum Gasteiger partial charge on any atom is 0.322 e. The maximum atomic E-state index is 12.6. The van der Waals surface area contributed by atoms with Gasteiger partial charge in [0.2, 0.25) is 0 Å². The van der Waals surface area contributed by atoms with Crippen LogP contribution in [0.1, 0.15) is 16.7 Å². The monoisotopic (exact) mass is 385 g/mol. The lowest BCUT2D eigenvalue weighted by Crippen LogP contribution is -2.38. The molecular formula is C21H24ClN3O2. The van der Waals surface area contributed by atoms with Crippen LogP contribution in [0, 0.1) is 0 Å². The lowest BCUT2D eigenvalue weighted by Gasteiger charge is -2.26. The molecule has 0 aliphatic carbocycles. The molecular weight excluding hydrogens is 362 g/mol. The van der Waals surface area contributed by atoms with Crippen LogP contribution in [0.2, 0.25) is 5.02 Å². The predicted octanol–water partition coefficient (Wildman–Crippen LogP) is 3.44. The number of carbonyl (C=O) groups is 1. The molecule has 1 N–H and O–H groups in total. The first-order valence-corrected chi connectivity index (χ1v) is 9.78. The Morgan fingerprint density at radius 3 is 2.74 bits per heavy atom. The fourth-order valence-electron chi connectivity index (χ4n) is 3.69. The molecule has 1 fully saturated rings. The summed E-state index contributed by atoms with van der Waals surface area (Å²) in [5.74, 6) is 0. The number of urea groups is 1. The quantitative estimate of drug-likeness (QED) is 0.876. The first-order chi connectivity index (χ1) is 13.2. The zero-order valence-corrected chi connectivity index (χ0v) is 16.0. The molecule has 27 heavy (non-hydrogen) atoms. The third kappa shape index (κ3) is 4.43. The summed E-state index contributed by atoms with van der Waals surface area (Å²) in [4.78, 5) is 16.8. The summed E-state index contributed by atoms with van der Waals surface area (Å²) >= 11 is 6.09. The van der Waals surface area contributed by atoms with E-state index >= 15 is 0 Å². The number of hydrogen-bond acceptors (Lipinski definition) is 3. The molecule has 0 aromatic heterocycles. The summed E-state index contributed by atoms with van der Waals surface area (Å²) in [5, 5.41) is 3.70. The normalized spacial score (nSPS) is 17.0. The average Bonchev–Trinajstić information content (AvgIpc) is 3.10. The second-order valence-electron chi connectivity index (χ2n) is 7.04. The Balaban J connectivity index is 1.36. The number of amides is 2. The van der Waals surface area contributed by atoms with E-state index in [0.29, 0.717) is 18.1 Å². The molecule has 2 amide bonds. The number of benzene rings is 2. The first-order valence-electron chi connectivity index (χ1n) is 9.41. The number of rotatable bonds is 4. The van der Waals surface area contributed by atoms with Crippen molar-refractivity contribution in [3.05, 3.63) is 64.2 Å². The maximum absolute atomic E-state index is 12.6. The van der Waals surface area contributed by atoms with Gasteiger partial charge < -0.3 is 10.1 Å². The van der Waals surface area contributed by atoms with Gasteiger partial charge in [-0.1, -0.05) is 41.9 Å². The van der Waals surface area contributed by atoms with Crippen molar-refractivity contribution < 1.29 is 9.53 Å². The molecule has 2 aromatic rings. The summed E-state index contributed by atoms with van der Waals surface area (Å²) in [6, 6.07) is 14.1. The molecule has 2 aliphatic rings. The number of carbonyl (C=O) groups excluding carboxylic acids is 1. The van der Waals surface area contributed by atoms with E-state index in [1.807, 2.05) is 18.2 Å². The van der Waals surface area contributed by atoms with Gasteiger partial charge in [-0.3, -0.25) is 9.80 Å². The number of hydrogen-bond donors (Lipinski definition) is 1. The summed E-state index contributed by atoms with van der Waals surface area (Å²) < 4.78 is 5.41. The highest BCUT2D eigenvalue weighted by Crippen LogP contribution is 2.30. The molecule has 2 aromatic carbocycles. The highest BCUT2D eigenvalue weighted by atomic mass is 35.5. The molecule has 0 saturated carbocycles. The largest absolute Gasteiger partial charge is 0.379 e. The molecule has 6 heteroatoms. The molecule has 0 radical (unpaired) electrons. The van der Waals surface area contributed by atoms with Crippen molar-refractivity contribution in [1.29, 1.82) is 0 Å². The van der Waals surface area contributed by atoms with Gasteiger partial charge in [-0.15, -0.1) is 0 Å². The van der Waals surface area contributed by atoms with Crippen molar-refractivity contribution in [3.63, 3.8) is 0 Å². The average molecular weight is 386 g/mol. The molecule has 142 valence electrons. The van der Waals surface area contributed by atoms with Crippen molar-refractivity contribution in [2.75, 3.05) is 37.7 Å². The molecule has 4 rings (SSSR count). The number of morpholine rings is 1. The predicted molar refractivity (Wildman–Crippen MR) is 107 cm³/mol. The van der Waals surface area contributed by atoms with Crippen molar-refractivity contribution in [3.8, 4) is 0 Å². The topological polar surface area (TPSA) is 44.8 Å². The Hall–Kier alpha value is -2.08. The van der Waals surface area contributed by atoms with Crippen molar-refractivity contribution >= 4 is 23.3 Å². The van der Waals surface area contributed by atoms with Crippen LogP contribution in [0.25, 0.3) is 0 Å². The molecule has 0 spiro atoms. The number of nitrogens with one attached hydrogen (secondary N) is 1. The Kier molecular flexibility index (Phi) is 5.62. The van der Waals surface area contributed by atoms with Gasteiger partial charge >= 0.3 is 6.03 Å². The van der Waals surface area contributed by atoms with Gasteiger partial charge in [-0.05, 0) is 35.2 Å². The van der Waals surface area contributed by atoms with Gasteiger partial charge in [0.05, 0.1) is 18.9 Å². The molecule has 0 unspecified atom stereocenters. The Bertz CT molecular complexity index is 821. The van der Waals surface area contributed by atoms with Crippen molar-refractivity contribution in [2.45, 2.75) is 19.5 Å². The van der Waals surface area contributed by atoms with E-state index in [0.717, 1.165) is 50.5 Å². The van der Waals surface area contributed by atoms with E-state index in [2.05, 4.69) is 34.5 Å². The second kappa shape index (κ2) is 8.30. The fraction of sp³-hybridized carbons (Fsp3) is 0.381. The van der Waals surface area contributed by atoms with Gasteiger partial charge in [0, 0.05) is 37.7 Å². The van der Waals surface area contributed by atoms with Gasteiger partial charge in [-0.2, -0.15) is 0 Å². The lowest BCUT2D eigenvalue weighted by molar-refractivity contribution is 0.0342. The van der Waals surface area contributed by atoms with Crippen LogP contribution in [0.5, 0.6) is 0 Å². The molecule has 2 aliphatic heterocycles. The second-order valence-corrected chi connectivity index (χ2v) is 7.48. The van der Waals surface area contributed by atoms with Gasteiger partial charge in [0.25, 0.3) is 0 Å². The standard InChI is InChI=1S/C21H24ClN3O2/c22-19-5-4-18-6-7-25(20(18)13-19)21(26)23-14-16-2-1-3-17(12-16)15-24-8-10-27-11-9-24/h1-5,12-13H,6-11,14-15H2,(H,23,26). The summed E-state index contributed by atoms with van der Waals surface area (Å²) in [6.45, 7) is 5.67. The molecule has 1 saturated heterocycles. The first kappa shape index (κ1) is 18.3.